The monoisotopic (exact) mass is 625 g/mol. The van der Waals surface area contributed by atoms with Crippen LogP contribution in [-0.2, 0) is 21.4 Å². The number of benzene rings is 2. The van der Waals surface area contributed by atoms with Gasteiger partial charge in [0.1, 0.15) is 11.5 Å². The molecule has 2 aromatic rings. The van der Waals surface area contributed by atoms with E-state index in [9.17, 15) is 10.2 Å². The minimum Gasteiger partial charge on any atom is -0.507 e. The van der Waals surface area contributed by atoms with E-state index in [2.05, 4.69) is 106 Å². The molecule has 2 aromatic carbocycles. The van der Waals surface area contributed by atoms with Gasteiger partial charge >= 0.3 is 0 Å². The number of hydrogen-bond donors (Lipinski definition) is 3. The highest BCUT2D eigenvalue weighted by atomic mass is 32.0. The molecule has 0 bridgehead atoms. The molecule has 238 valence electrons. The van der Waals surface area contributed by atoms with E-state index in [4.69, 9.17) is 9.98 Å². The van der Waals surface area contributed by atoms with Gasteiger partial charge in [0.15, 0.2) is 0 Å². The van der Waals surface area contributed by atoms with E-state index in [0.717, 1.165) is 56.2 Å². The zero-order chi connectivity index (χ0) is 32.4. The van der Waals surface area contributed by atoms with E-state index in [1.807, 2.05) is 19.5 Å². The first-order valence-electron chi connectivity index (χ1n) is 15.8. The van der Waals surface area contributed by atoms with Crippen LogP contribution in [0.15, 0.2) is 34.3 Å². The SMILES string of the molecule is CNPPC(C)(C)c1cc(C=NC2CCCCC2N=Cc2cc(C(C)(C)C)cc(C(C)(C)C)c2O)c(O)c(C(C)(C)C)c1. The van der Waals surface area contributed by atoms with Gasteiger partial charge in [0.2, 0.25) is 0 Å². The van der Waals surface area contributed by atoms with Crippen molar-refractivity contribution in [3.05, 3.63) is 57.6 Å². The van der Waals surface area contributed by atoms with Gasteiger partial charge in [0, 0.05) is 39.8 Å². The molecule has 0 aromatic heterocycles. The van der Waals surface area contributed by atoms with Crippen molar-refractivity contribution < 1.29 is 10.2 Å². The minimum absolute atomic E-state index is 0.00901. The summed E-state index contributed by atoms with van der Waals surface area (Å²) in [7, 11) is 3.44. The van der Waals surface area contributed by atoms with Crippen LogP contribution < -0.4 is 5.09 Å². The molecule has 3 rings (SSSR count). The van der Waals surface area contributed by atoms with Crippen LogP contribution in [0.3, 0.4) is 0 Å². The highest BCUT2D eigenvalue weighted by Crippen LogP contribution is 2.52. The predicted molar refractivity (Wildman–Crippen MR) is 192 cm³/mol. The van der Waals surface area contributed by atoms with E-state index in [1.54, 1.807) is 0 Å². The first-order chi connectivity index (χ1) is 19.8. The fourth-order valence-electron chi connectivity index (χ4n) is 5.53. The van der Waals surface area contributed by atoms with Crippen molar-refractivity contribution in [3.63, 3.8) is 0 Å². The molecule has 1 aliphatic rings. The van der Waals surface area contributed by atoms with Crippen molar-refractivity contribution in [2.75, 3.05) is 7.05 Å². The Labute approximate surface area is 265 Å². The molecule has 3 N–H and O–H groups in total. The minimum atomic E-state index is -0.194. The molecule has 0 amide bonds. The average molecular weight is 626 g/mol. The second-order valence-electron chi connectivity index (χ2n) is 15.8. The van der Waals surface area contributed by atoms with Crippen LogP contribution in [0.4, 0.5) is 0 Å². The lowest BCUT2D eigenvalue weighted by Crippen LogP contribution is -2.27. The van der Waals surface area contributed by atoms with Gasteiger partial charge in [-0.15, -0.1) is 0 Å². The van der Waals surface area contributed by atoms with Crippen molar-refractivity contribution >= 4 is 29.1 Å². The van der Waals surface area contributed by atoms with Crippen LogP contribution in [0.2, 0.25) is 0 Å². The van der Waals surface area contributed by atoms with E-state index >= 15 is 0 Å². The lowest BCUT2D eigenvalue weighted by Gasteiger charge is -2.30. The number of nitrogens with zero attached hydrogens (tertiary/aromatic N) is 2. The molecule has 4 atom stereocenters. The smallest absolute Gasteiger partial charge is 0.128 e. The summed E-state index contributed by atoms with van der Waals surface area (Å²) in [5.74, 6) is 0.642. The fourth-order valence-corrected chi connectivity index (χ4v) is 8.00. The van der Waals surface area contributed by atoms with Gasteiger partial charge in [-0.1, -0.05) is 109 Å². The lowest BCUT2D eigenvalue weighted by molar-refractivity contribution is 0.389. The van der Waals surface area contributed by atoms with Crippen LogP contribution >= 0.6 is 16.7 Å². The number of nitrogens with one attached hydrogen (secondary N) is 1. The van der Waals surface area contributed by atoms with Gasteiger partial charge in [0.25, 0.3) is 0 Å². The number of phenolic OH excluding ortho intramolecular Hbond substituents is 2. The number of rotatable bonds is 8. The third-order valence-corrected chi connectivity index (χ3v) is 12.8. The number of hydrogen-bond acceptors (Lipinski definition) is 5. The molecular weight excluding hydrogens is 568 g/mol. The maximum absolute atomic E-state index is 11.4. The Hall–Kier alpha value is -1.80. The predicted octanol–water partition coefficient (Wildman–Crippen LogP) is 9.48. The van der Waals surface area contributed by atoms with Gasteiger partial charge in [-0.25, -0.2) is 0 Å². The highest BCUT2D eigenvalue weighted by Gasteiger charge is 2.29. The van der Waals surface area contributed by atoms with Crippen molar-refractivity contribution in [1.82, 2.24) is 5.09 Å². The topological polar surface area (TPSA) is 77.2 Å². The Morgan fingerprint density at radius 2 is 1.09 bits per heavy atom. The average Bonchev–Trinajstić information content (AvgIpc) is 2.89. The molecular formula is C36H57N3O2P2. The van der Waals surface area contributed by atoms with E-state index in [1.165, 1.54) is 11.1 Å². The summed E-state index contributed by atoms with van der Waals surface area (Å²) < 4.78 is 0. The summed E-state index contributed by atoms with van der Waals surface area (Å²) in [5, 5.41) is 26.0. The normalized spacial score (nSPS) is 19.6. The fraction of sp³-hybridized carbons (Fsp3) is 0.611. The summed E-state index contributed by atoms with van der Waals surface area (Å²) in [4.78, 5) is 10.1. The van der Waals surface area contributed by atoms with Gasteiger partial charge in [-0.2, -0.15) is 0 Å². The van der Waals surface area contributed by atoms with Crippen LogP contribution in [0.5, 0.6) is 11.5 Å². The Balaban J connectivity index is 2.00. The molecule has 1 fully saturated rings. The summed E-state index contributed by atoms with van der Waals surface area (Å²) in [6.07, 6.45) is 7.92. The zero-order valence-electron chi connectivity index (χ0n) is 28.7. The Kier molecular flexibility index (Phi) is 11.3. The molecule has 5 nitrogen and oxygen atoms in total. The maximum Gasteiger partial charge on any atom is 0.128 e. The van der Waals surface area contributed by atoms with E-state index in [-0.39, 0.29) is 33.5 Å². The molecule has 0 radical (unpaired) electrons. The first kappa shape index (κ1) is 35.7. The Morgan fingerprint density at radius 1 is 0.674 bits per heavy atom. The summed E-state index contributed by atoms with van der Waals surface area (Å²) >= 11 is 0. The molecule has 1 aliphatic carbocycles. The molecule has 7 heteroatoms. The molecule has 0 aliphatic heterocycles. The van der Waals surface area contributed by atoms with Crippen molar-refractivity contribution in [2.24, 2.45) is 9.98 Å². The van der Waals surface area contributed by atoms with Gasteiger partial charge < -0.3 is 10.2 Å². The van der Waals surface area contributed by atoms with Crippen molar-refractivity contribution in [2.45, 2.75) is 135 Å². The standard InChI is InChI=1S/C36H57N3O2P2/c1-33(2,3)25-17-23(31(40)27(19-25)34(4,5)6)21-38-29-15-13-14-16-30(29)39-22-24-18-26(36(10,11)42-43-37-12)20-28(32(24)41)35(7,8)9/h17-22,29-30,37,40-43H,13-16H2,1-12H3. The highest BCUT2D eigenvalue weighted by molar-refractivity contribution is 8.11. The molecule has 1 saturated carbocycles. The first-order valence-corrected chi connectivity index (χ1v) is 18.8. The van der Waals surface area contributed by atoms with Gasteiger partial charge in [-0.05, 0) is 67.8 Å². The largest absolute Gasteiger partial charge is 0.507 e. The quantitative estimate of drug-likeness (QED) is 0.202. The summed E-state index contributed by atoms with van der Waals surface area (Å²) in [6, 6.07) is 8.62. The van der Waals surface area contributed by atoms with E-state index < -0.39 is 0 Å². The number of aromatic hydroxyl groups is 2. The van der Waals surface area contributed by atoms with Crippen LogP contribution in [0, 0.1) is 0 Å². The van der Waals surface area contributed by atoms with Crippen molar-refractivity contribution in [3.8, 4) is 11.5 Å². The van der Waals surface area contributed by atoms with Crippen LogP contribution in [-0.4, -0.2) is 41.8 Å². The Bertz CT molecular complexity index is 1330. The van der Waals surface area contributed by atoms with Crippen LogP contribution in [0.1, 0.15) is 135 Å². The second-order valence-corrected chi connectivity index (χ2v) is 19.5. The van der Waals surface area contributed by atoms with Gasteiger partial charge in [-0.3, -0.25) is 15.1 Å². The molecule has 0 spiro atoms. The van der Waals surface area contributed by atoms with Gasteiger partial charge in [0.05, 0.1) is 12.1 Å². The zero-order valence-corrected chi connectivity index (χ0v) is 30.7. The molecule has 4 unspecified atom stereocenters. The molecule has 0 heterocycles. The number of phenols is 2. The summed E-state index contributed by atoms with van der Waals surface area (Å²) in [5.41, 5.74) is 5.47. The van der Waals surface area contributed by atoms with Crippen LogP contribution in [0.25, 0.3) is 0 Å². The Morgan fingerprint density at radius 3 is 1.49 bits per heavy atom. The summed E-state index contributed by atoms with van der Waals surface area (Å²) in [6.45, 7) is 24.1. The second kappa shape index (κ2) is 13.7. The lowest BCUT2D eigenvalue weighted by atomic mass is 9.79. The third kappa shape index (κ3) is 9.12. The van der Waals surface area contributed by atoms with E-state index in [0.29, 0.717) is 19.9 Å². The molecule has 0 saturated heterocycles. The number of aliphatic imine (C=N–C) groups is 2. The molecule has 43 heavy (non-hydrogen) atoms. The maximum atomic E-state index is 11.4. The third-order valence-electron chi connectivity index (χ3n) is 8.49. The van der Waals surface area contributed by atoms with Crippen molar-refractivity contribution in [1.29, 1.82) is 0 Å².